The molecule has 0 radical (unpaired) electrons. The fourth-order valence-corrected chi connectivity index (χ4v) is 3.56. The number of aryl methyl sites for hydroxylation is 2. The zero-order valence-electron chi connectivity index (χ0n) is 13.7. The maximum Gasteiger partial charge on any atom is 0.227 e. The molecule has 1 aliphatic rings. The molecule has 0 spiro atoms. The first-order valence-corrected chi connectivity index (χ1v) is 8.10. The van der Waals surface area contributed by atoms with Crippen molar-refractivity contribution in [1.29, 1.82) is 0 Å². The third kappa shape index (κ3) is 2.22. The van der Waals surface area contributed by atoms with E-state index in [1.807, 2.05) is 6.92 Å². The molecule has 0 fully saturated rings. The lowest BCUT2D eigenvalue weighted by Gasteiger charge is -2.30. The minimum atomic E-state index is -0.340. The second-order valence-electron chi connectivity index (χ2n) is 6.11. The van der Waals surface area contributed by atoms with Gasteiger partial charge in [-0.1, -0.05) is 42.5 Å². The minimum absolute atomic E-state index is 0.340. The van der Waals surface area contributed by atoms with E-state index in [2.05, 4.69) is 62.4 Å². The van der Waals surface area contributed by atoms with Gasteiger partial charge >= 0.3 is 0 Å². The van der Waals surface area contributed by atoms with E-state index in [1.54, 1.807) is 0 Å². The summed E-state index contributed by atoms with van der Waals surface area (Å²) in [5.41, 5.74) is 6.01. The van der Waals surface area contributed by atoms with Gasteiger partial charge in [-0.15, -0.1) is 0 Å². The van der Waals surface area contributed by atoms with Crippen LogP contribution >= 0.6 is 0 Å². The minimum Gasteiger partial charge on any atom is -0.460 e. The molecule has 0 aromatic heterocycles. The van der Waals surface area contributed by atoms with Gasteiger partial charge in [0.15, 0.2) is 0 Å². The molecule has 0 bridgehead atoms. The van der Waals surface area contributed by atoms with Crippen molar-refractivity contribution in [2.75, 3.05) is 6.61 Å². The highest BCUT2D eigenvalue weighted by Crippen LogP contribution is 2.47. The van der Waals surface area contributed by atoms with Crippen molar-refractivity contribution in [3.63, 3.8) is 0 Å². The van der Waals surface area contributed by atoms with E-state index in [1.165, 1.54) is 33.0 Å². The SMILES string of the molecule is CCO[C@H]1Oc2cc(C)cc(C)c2-c2c1ccc1ccccc21. The highest BCUT2D eigenvalue weighted by molar-refractivity contribution is 6.01. The highest BCUT2D eigenvalue weighted by Gasteiger charge is 2.29. The number of benzene rings is 3. The number of fused-ring (bicyclic) bond motifs is 5. The van der Waals surface area contributed by atoms with Gasteiger partial charge in [0.1, 0.15) is 5.75 Å². The van der Waals surface area contributed by atoms with Crippen LogP contribution < -0.4 is 4.74 Å². The van der Waals surface area contributed by atoms with E-state index in [4.69, 9.17) is 9.47 Å². The number of hydrogen-bond acceptors (Lipinski definition) is 2. The van der Waals surface area contributed by atoms with Gasteiger partial charge in [0, 0.05) is 23.3 Å². The van der Waals surface area contributed by atoms with Crippen LogP contribution in [-0.4, -0.2) is 6.61 Å². The Morgan fingerprint density at radius 3 is 2.65 bits per heavy atom. The Kier molecular flexibility index (Phi) is 3.35. The van der Waals surface area contributed by atoms with E-state index in [0.29, 0.717) is 6.61 Å². The lowest BCUT2D eigenvalue weighted by atomic mass is 9.87. The number of hydrogen-bond donors (Lipinski definition) is 0. The molecule has 116 valence electrons. The molecule has 3 aromatic carbocycles. The second-order valence-corrected chi connectivity index (χ2v) is 6.11. The van der Waals surface area contributed by atoms with Gasteiger partial charge in [0.2, 0.25) is 6.29 Å². The normalized spacial score (nSPS) is 15.9. The van der Waals surface area contributed by atoms with Gasteiger partial charge in [0.25, 0.3) is 0 Å². The van der Waals surface area contributed by atoms with Gasteiger partial charge in [0.05, 0.1) is 0 Å². The van der Waals surface area contributed by atoms with Crippen molar-refractivity contribution in [3.05, 3.63) is 65.2 Å². The molecule has 0 saturated carbocycles. The average Bonchev–Trinajstić information content (AvgIpc) is 2.54. The van der Waals surface area contributed by atoms with Crippen LogP contribution in [0.5, 0.6) is 5.75 Å². The van der Waals surface area contributed by atoms with Crippen LogP contribution in [0, 0.1) is 13.8 Å². The monoisotopic (exact) mass is 304 g/mol. The lowest BCUT2D eigenvalue weighted by Crippen LogP contribution is -2.18. The van der Waals surface area contributed by atoms with Gasteiger partial charge < -0.3 is 9.47 Å². The summed E-state index contributed by atoms with van der Waals surface area (Å²) in [5.74, 6) is 0.921. The van der Waals surface area contributed by atoms with Crippen LogP contribution in [-0.2, 0) is 4.74 Å². The Morgan fingerprint density at radius 2 is 1.83 bits per heavy atom. The van der Waals surface area contributed by atoms with Gasteiger partial charge in [-0.2, -0.15) is 0 Å². The second kappa shape index (κ2) is 5.39. The molecule has 1 heterocycles. The zero-order valence-corrected chi connectivity index (χ0v) is 13.7. The Morgan fingerprint density at radius 1 is 1.00 bits per heavy atom. The Labute approximate surface area is 136 Å². The molecule has 0 amide bonds. The number of ether oxygens (including phenoxy) is 2. The third-order valence-corrected chi connectivity index (χ3v) is 4.46. The van der Waals surface area contributed by atoms with Crippen molar-refractivity contribution in [3.8, 4) is 16.9 Å². The predicted molar refractivity (Wildman–Crippen MR) is 93.9 cm³/mol. The maximum absolute atomic E-state index is 6.19. The van der Waals surface area contributed by atoms with E-state index in [0.717, 1.165) is 11.3 Å². The molecule has 0 saturated heterocycles. The van der Waals surface area contributed by atoms with Crippen molar-refractivity contribution in [2.24, 2.45) is 0 Å². The van der Waals surface area contributed by atoms with Crippen LogP contribution in [0.15, 0.2) is 48.5 Å². The van der Waals surface area contributed by atoms with Crippen LogP contribution in [0.25, 0.3) is 21.9 Å². The molecule has 0 aliphatic carbocycles. The number of rotatable bonds is 2. The van der Waals surface area contributed by atoms with Gasteiger partial charge in [-0.05, 0) is 48.7 Å². The largest absolute Gasteiger partial charge is 0.460 e. The summed E-state index contributed by atoms with van der Waals surface area (Å²) in [6, 6.07) is 17.1. The zero-order chi connectivity index (χ0) is 16.0. The van der Waals surface area contributed by atoms with Crippen molar-refractivity contribution in [1.82, 2.24) is 0 Å². The van der Waals surface area contributed by atoms with E-state index < -0.39 is 0 Å². The van der Waals surface area contributed by atoms with Crippen LogP contribution in [0.4, 0.5) is 0 Å². The molecule has 3 aromatic rings. The van der Waals surface area contributed by atoms with E-state index in [-0.39, 0.29) is 6.29 Å². The van der Waals surface area contributed by atoms with Crippen LogP contribution in [0.3, 0.4) is 0 Å². The summed E-state index contributed by atoms with van der Waals surface area (Å²) in [7, 11) is 0. The summed E-state index contributed by atoms with van der Waals surface area (Å²) >= 11 is 0. The molecule has 23 heavy (non-hydrogen) atoms. The molecule has 2 nitrogen and oxygen atoms in total. The summed E-state index contributed by atoms with van der Waals surface area (Å²) in [6.45, 7) is 6.88. The molecule has 1 aliphatic heterocycles. The Balaban J connectivity index is 2.09. The van der Waals surface area contributed by atoms with Gasteiger partial charge in [-0.3, -0.25) is 0 Å². The fourth-order valence-electron chi connectivity index (χ4n) is 3.56. The topological polar surface area (TPSA) is 18.5 Å². The molecular weight excluding hydrogens is 284 g/mol. The van der Waals surface area contributed by atoms with Crippen molar-refractivity contribution < 1.29 is 9.47 Å². The van der Waals surface area contributed by atoms with E-state index in [9.17, 15) is 0 Å². The molecular formula is C21H20O2. The first kappa shape index (κ1) is 14.3. The Hall–Kier alpha value is -2.32. The van der Waals surface area contributed by atoms with Crippen LogP contribution in [0.2, 0.25) is 0 Å². The predicted octanol–water partition coefficient (Wildman–Crippen LogP) is 5.55. The Bertz CT molecular complexity index is 896. The summed E-state index contributed by atoms with van der Waals surface area (Å²) < 4.78 is 12.1. The van der Waals surface area contributed by atoms with E-state index >= 15 is 0 Å². The smallest absolute Gasteiger partial charge is 0.227 e. The summed E-state index contributed by atoms with van der Waals surface area (Å²) in [5, 5.41) is 2.50. The summed E-state index contributed by atoms with van der Waals surface area (Å²) in [6.07, 6.45) is -0.340. The average molecular weight is 304 g/mol. The first-order chi connectivity index (χ1) is 11.2. The third-order valence-electron chi connectivity index (χ3n) is 4.46. The highest BCUT2D eigenvalue weighted by atomic mass is 16.7. The quantitative estimate of drug-likeness (QED) is 0.618. The lowest BCUT2D eigenvalue weighted by molar-refractivity contribution is -0.0800. The van der Waals surface area contributed by atoms with Crippen LogP contribution in [0.1, 0.15) is 29.9 Å². The molecule has 0 N–H and O–H groups in total. The molecule has 1 atom stereocenters. The van der Waals surface area contributed by atoms with Crippen molar-refractivity contribution >= 4 is 10.8 Å². The fraction of sp³-hybridized carbons (Fsp3) is 0.238. The standard InChI is InChI=1S/C21H20O2/c1-4-22-21-17-10-9-15-7-5-6-8-16(15)20(17)19-14(3)11-13(2)12-18(19)23-21/h5-12,21H,4H2,1-3H3/t21-/m0/s1. The molecule has 0 unspecified atom stereocenters. The molecule has 2 heteroatoms. The summed E-state index contributed by atoms with van der Waals surface area (Å²) in [4.78, 5) is 0. The maximum atomic E-state index is 6.19. The molecule has 4 rings (SSSR count). The first-order valence-electron chi connectivity index (χ1n) is 8.10. The van der Waals surface area contributed by atoms with Gasteiger partial charge in [-0.25, -0.2) is 0 Å². The van der Waals surface area contributed by atoms with Crippen molar-refractivity contribution in [2.45, 2.75) is 27.1 Å².